The van der Waals surface area contributed by atoms with Crippen LogP contribution in [0.1, 0.15) is 23.6 Å². The molecule has 6 nitrogen and oxygen atoms in total. The summed E-state index contributed by atoms with van der Waals surface area (Å²) >= 11 is 3.50. The lowest BCUT2D eigenvalue weighted by Crippen LogP contribution is -2.37. The third-order valence-corrected chi connectivity index (χ3v) is 5.50. The molecule has 0 aliphatic rings. The van der Waals surface area contributed by atoms with Crippen LogP contribution >= 0.6 is 15.9 Å². The van der Waals surface area contributed by atoms with Crippen LogP contribution in [-0.2, 0) is 11.3 Å². The van der Waals surface area contributed by atoms with Crippen LogP contribution in [0.25, 0.3) is 0 Å². The van der Waals surface area contributed by atoms with Gasteiger partial charge in [0.05, 0.1) is 12.5 Å². The molecule has 3 aromatic carbocycles. The Bertz CT molecular complexity index is 1040. The minimum absolute atomic E-state index is 0.0681. The van der Waals surface area contributed by atoms with Gasteiger partial charge in [-0.1, -0.05) is 64.5 Å². The third kappa shape index (κ3) is 6.58. The Kier molecular flexibility index (Phi) is 7.67. The van der Waals surface area contributed by atoms with Crippen molar-refractivity contribution in [3.05, 3.63) is 94.5 Å². The molecule has 1 atom stereocenters. The van der Waals surface area contributed by atoms with Gasteiger partial charge in [0, 0.05) is 18.1 Å². The number of hydrogen-bond donors (Lipinski definition) is 2. The van der Waals surface area contributed by atoms with E-state index in [1.165, 1.54) is 0 Å². The van der Waals surface area contributed by atoms with E-state index in [0.29, 0.717) is 18.0 Å². The number of hydrogen-bond acceptors (Lipinski definition) is 3. The molecule has 3 aromatic rings. The second-order valence-electron chi connectivity index (χ2n) is 7.09. The Morgan fingerprint density at radius 3 is 2.39 bits per heavy atom. The lowest BCUT2D eigenvalue weighted by molar-refractivity contribution is -0.130. The molecule has 0 fully saturated rings. The number of benzene rings is 3. The van der Waals surface area contributed by atoms with Crippen LogP contribution in [0, 0.1) is 0 Å². The van der Waals surface area contributed by atoms with E-state index < -0.39 is 12.1 Å². The molecule has 31 heavy (non-hydrogen) atoms. The first kappa shape index (κ1) is 22.4. The average Bonchev–Trinajstić information content (AvgIpc) is 2.75. The largest absolute Gasteiger partial charge is 0.457 e. The number of urea groups is 1. The van der Waals surface area contributed by atoms with E-state index in [4.69, 9.17) is 10.5 Å². The normalized spacial score (nSPS) is 11.4. The van der Waals surface area contributed by atoms with Crippen LogP contribution in [0.3, 0.4) is 0 Å². The zero-order valence-corrected chi connectivity index (χ0v) is 18.7. The van der Waals surface area contributed by atoms with Crippen LogP contribution in [0.5, 0.6) is 11.5 Å². The standard InChI is InChI=1S/C24H24BrN3O3/c1-28(16-18-8-5-6-13-21(18)25)23(29)15-22(27-24(26)30)17-9-7-12-20(14-17)31-19-10-3-2-4-11-19/h2-14,22H,15-16H2,1H3,(H3,26,27,30)/t22-/m0/s1. The maximum absolute atomic E-state index is 12.9. The van der Waals surface area contributed by atoms with Crippen molar-refractivity contribution in [2.45, 2.75) is 19.0 Å². The van der Waals surface area contributed by atoms with Crippen LogP contribution in [-0.4, -0.2) is 23.9 Å². The molecular formula is C24H24BrN3O3. The molecule has 3 N–H and O–H groups in total. The molecule has 0 bridgehead atoms. The van der Waals surface area contributed by atoms with Gasteiger partial charge < -0.3 is 20.7 Å². The predicted molar refractivity (Wildman–Crippen MR) is 124 cm³/mol. The van der Waals surface area contributed by atoms with Crippen LogP contribution in [0.15, 0.2) is 83.3 Å². The topological polar surface area (TPSA) is 84.7 Å². The van der Waals surface area contributed by atoms with Gasteiger partial charge in [-0.3, -0.25) is 4.79 Å². The van der Waals surface area contributed by atoms with E-state index in [1.807, 2.05) is 72.8 Å². The third-order valence-electron chi connectivity index (χ3n) is 4.73. The Morgan fingerprint density at radius 2 is 1.68 bits per heavy atom. The molecule has 3 amide bonds. The zero-order valence-electron chi connectivity index (χ0n) is 17.1. The van der Waals surface area contributed by atoms with Gasteiger partial charge in [-0.25, -0.2) is 4.79 Å². The number of halogens is 1. The highest BCUT2D eigenvalue weighted by molar-refractivity contribution is 9.10. The predicted octanol–water partition coefficient (Wildman–Crippen LogP) is 5.00. The molecule has 0 aromatic heterocycles. The van der Waals surface area contributed by atoms with Gasteiger partial charge in [-0.2, -0.15) is 0 Å². The quantitative estimate of drug-likeness (QED) is 0.474. The Hall–Kier alpha value is -3.32. The molecule has 0 heterocycles. The molecular weight excluding hydrogens is 458 g/mol. The minimum atomic E-state index is -0.694. The summed E-state index contributed by atoms with van der Waals surface area (Å²) in [6, 6.07) is 23.1. The van der Waals surface area contributed by atoms with Gasteiger partial charge in [-0.15, -0.1) is 0 Å². The van der Waals surface area contributed by atoms with Gasteiger partial charge in [0.15, 0.2) is 0 Å². The van der Waals surface area contributed by atoms with Gasteiger partial charge >= 0.3 is 6.03 Å². The number of ether oxygens (including phenoxy) is 1. The van der Waals surface area contributed by atoms with Crippen molar-refractivity contribution in [1.29, 1.82) is 0 Å². The smallest absolute Gasteiger partial charge is 0.312 e. The van der Waals surface area contributed by atoms with Crippen molar-refractivity contribution in [1.82, 2.24) is 10.2 Å². The van der Waals surface area contributed by atoms with Crippen LogP contribution < -0.4 is 15.8 Å². The van der Waals surface area contributed by atoms with Crippen LogP contribution in [0.4, 0.5) is 4.79 Å². The van der Waals surface area contributed by atoms with Crippen molar-refractivity contribution in [3.8, 4) is 11.5 Å². The first-order valence-corrected chi connectivity index (χ1v) is 10.6. The number of nitrogens with two attached hydrogens (primary N) is 1. The highest BCUT2D eigenvalue weighted by atomic mass is 79.9. The zero-order chi connectivity index (χ0) is 22.2. The average molecular weight is 482 g/mol. The van der Waals surface area contributed by atoms with Crippen molar-refractivity contribution >= 4 is 27.9 Å². The number of rotatable bonds is 8. The summed E-state index contributed by atoms with van der Waals surface area (Å²) in [5, 5.41) is 2.67. The van der Waals surface area contributed by atoms with Crippen molar-refractivity contribution in [2.24, 2.45) is 5.73 Å². The number of primary amides is 1. The first-order chi connectivity index (χ1) is 14.9. The summed E-state index contributed by atoms with van der Waals surface area (Å²) in [6.45, 7) is 0.445. The number of nitrogens with one attached hydrogen (secondary N) is 1. The lowest BCUT2D eigenvalue weighted by atomic mass is 10.0. The lowest BCUT2D eigenvalue weighted by Gasteiger charge is -2.23. The fourth-order valence-corrected chi connectivity index (χ4v) is 3.55. The summed E-state index contributed by atoms with van der Waals surface area (Å²) in [5.74, 6) is 1.18. The molecule has 0 unspecified atom stereocenters. The molecule has 0 radical (unpaired) electrons. The fourth-order valence-electron chi connectivity index (χ4n) is 3.14. The number of nitrogens with zero attached hydrogens (tertiary/aromatic N) is 1. The van der Waals surface area contributed by atoms with E-state index in [9.17, 15) is 9.59 Å². The SMILES string of the molecule is CN(Cc1ccccc1Br)C(=O)C[C@H](NC(N)=O)c1cccc(Oc2ccccc2)c1. The monoisotopic (exact) mass is 481 g/mol. The fraction of sp³-hybridized carbons (Fsp3) is 0.167. The molecule has 7 heteroatoms. The van der Waals surface area contributed by atoms with Crippen molar-refractivity contribution in [2.75, 3.05) is 7.05 Å². The maximum atomic E-state index is 12.9. The molecule has 0 saturated carbocycles. The first-order valence-electron chi connectivity index (χ1n) is 9.78. The number of para-hydroxylation sites is 1. The Labute approximate surface area is 190 Å². The molecule has 160 valence electrons. The van der Waals surface area contributed by atoms with E-state index in [1.54, 1.807) is 18.0 Å². The van der Waals surface area contributed by atoms with Gasteiger partial charge in [0.25, 0.3) is 0 Å². The summed E-state index contributed by atoms with van der Waals surface area (Å²) < 4.78 is 6.81. The summed E-state index contributed by atoms with van der Waals surface area (Å²) in [6.07, 6.45) is 0.0681. The minimum Gasteiger partial charge on any atom is -0.457 e. The van der Waals surface area contributed by atoms with Crippen molar-refractivity contribution in [3.63, 3.8) is 0 Å². The maximum Gasteiger partial charge on any atom is 0.312 e. The highest BCUT2D eigenvalue weighted by Gasteiger charge is 2.21. The second-order valence-corrected chi connectivity index (χ2v) is 7.95. The number of carbonyl (C=O) groups is 2. The van der Waals surface area contributed by atoms with E-state index >= 15 is 0 Å². The molecule has 0 saturated heterocycles. The van der Waals surface area contributed by atoms with E-state index in [2.05, 4.69) is 21.2 Å². The van der Waals surface area contributed by atoms with Gasteiger partial charge in [-0.05, 0) is 41.5 Å². The summed E-state index contributed by atoms with van der Waals surface area (Å²) in [4.78, 5) is 26.1. The second kappa shape index (κ2) is 10.6. The van der Waals surface area contributed by atoms with Crippen molar-refractivity contribution < 1.29 is 14.3 Å². The number of carbonyl (C=O) groups excluding carboxylic acids is 2. The Morgan fingerprint density at radius 1 is 1.00 bits per heavy atom. The van der Waals surface area contributed by atoms with Gasteiger partial charge in [0.2, 0.25) is 5.91 Å². The van der Waals surface area contributed by atoms with E-state index in [0.717, 1.165) is 15.6 Å². The Balaban J connectivity index is 1.74. The number of amides is 3. The highest BCUT2D eigenvalue weighted by Crippen LogP contribution is 2.26. The van der Waals surface area contributed by atoms with Gasteiger partial charge in [0.1, 0.15) is 11.5 Å². The molecule has 0 aliphatic heterocycles. The summed E-state index contributed by atoms with van der Waals surface area (Å²) in [5.41, 5.74) is 7.10. The summed E-state index contributed by atoms with van der Waals surface area (Å²) in [7, 11) is 1.73. The van der Waals surface area contributed by atoms with Crippen LogP contribution in [0.2, 0.25) is 0 Å². The molecule has 0 aliphatic carbocycles. The van der Waals surface area contributed by atoms with E-state index in [-0.39, 0.29) is 12.3 Å². The molecule has 3 rings (SSSR count). The molecule has 0 spiro atoms.